The summed E-state index contributed by atoms with van der Waals surface area (Å²) in [5.41, 5.74) is 2.82. The molecule has 1 amide bonds. The fourth-order valence-corrected chi connectivity index (χ4v) is 4.80. The van der Waals surface area contributed by atoms with E-state index in [4.69, 9.17) is 4.74 Å². The largest absolute Gasteiger partial charge is 0.471 e. The van der Waals surface area contributed by atoms with Gasteiger partial charge in [-0.25, -0.2) is 18.1 Å². The second-order valence-corrected chi connectivity index (χ2v) is 9.78. The minimum Gasteiger partial charge on any atom is -0.471 e. The van der Waals surface area contributed by atoms with E-state index in [0.29, 0.717) is 5.69 Å². The molecular weight excluding hydrogens is 462 g/mol. The molecule has 0 saturated carbocycles. The molecule has 2 heterocycles. The lowest BCUT2D eigenvalue weighted by Gasteiger charge is -2.09. The second-order valence-electron chi connectivity index (χ2n) is 7.20. The highest BCUT2D eigenvalue weighted by Gasteiger charge is 2.16. The van der Waals surface area contributed by atoms with E-state index in [-0.39, 0.29) is 22.5 Å². The number of aryl methyl sites for hydroxylation is 2. The zero-order valence-corrected chi connectivity index (χ0v) is 19.5. The molecule has 2 aromatic heterocycles. The number of ether oxygens (including phenoxy) is 1. The van der Waals surface area contributed by atoms with Crippen LogP contribution in [0.4, 0.5) is 10.8 Å². The van der Waals surface area contributed by atoms with Gasteiger partial charge in [0.05, 0.1) is 4.90 Å². The highest BCUT2D eigenvalue weighted by molar-refractivity contribution is 7.93. The Labute approximate surface area is 195 Å². The molecule has 0 fully saturated rings. The van der Waals surface area contributed by atoms with Gasteiger partial charge in [0.25, 0.3) is 15.9 Å². The van der Waals surface area contributed by atoms with Gasteiger partial charge >= 0.3 is 0 Å². The number of sulfonamides is 1. The Kier molecular flexibility index (Phi) is 6.43. The van der Waals surface area contributed by atoms with Crippen LogP contribution in [0.5, 0.6) is 5.75 Å². The topological polar surface area (TPSA) is 115 Å². The Morgan fingerprint density at radius 3 is 2.61 bits per heavy atom. The van der Waals surface area contributed by atoms with Gasteiger partial charge in [-0.1, -0.05) is 17.7 Å². The molecule has 4 aromatic rings. The van der Waals surface area contributed by atoms with E-state index in [1.54, 1.807) is 17.6 Å². The van der Waals surface area contributed by atoms with Gasteiger partial charge in [0.2, 0.25) is 0 Å². The molecule has 0 bridgehead atoms. The smallest absolute Gasteiger partial charge is 0.276 e. The summed E-state index contributed by atoms with van der Waals surface area (Å²) in [4.78, 5) is 16.5. The quantitative estimate of drug-likeness (QED) is 0.391. The first-order chi connectivity index (χ1) is 15.8. The van der Waals surface area contributed by atoms with Gasteiger partial charge in [-0.05, 0) is 55.8 Å². The fourth-order valence-electron chi connectivity index (χ4n) is 3.01. The van der Waals surface area contributed by atoms with E-state index in [0.717, 1.165) is 16.9 Å². The van der Waals surface area contributed by atoms with Crippen molar-refractivity contribution in [2.24, 2.45) is 0 Å². The van der Waals surface area contributed by atoms with Crippen LogP contribution < -0.4 is 14.8 Å². The SMILES string of the molecule is Cc1ccc(OCn2ccc(C(=O)Nc3ccc(S(=O)(=O)Nc4nccs4)cc3)n2)c(C)c1. The van der Waals surface area contributed by atoms with Crippen LogP contribution in [-0.2, 0) is 16.8 Å². The molecule has 170 valence electrons. The van der Waals surface area contributed by atoms with Crippen molar-refractivity contribution in [3.8, 4) is 5.75 Å². The van der Waals surface area contributed by atoms with Gasteiger partial charge in [0.15, 0.2) is 17.6 Å². The molecule has 0 aliphatic carbocycles. The van der Waals surface area contributed by atoms with Crippen molar-refractivity contribution < 1.29 is 17.9 Å². The number of thiazole rings is 1. The minimum absolute atomic E-state index is 0.0588. The Bertz CT molecular complexity index is 1360. The predicted molar refractivity (Wildman–Crippen MR) is 126 cm³/mol. The van der Waals surface area contributed by atoms with Gasteiger partial charge < -0.3 is 10.1 Å². The Morgan fingerprint density at radius 1 is 1.12 bits per heavy atom. The van der Waals surface area contributed by atoms with Crippen molar-refractivity contribution in [1.82, 2.24) is 14.8 Å². The monoisotopic (exact) mass is 483 g/mol. The first kappa shape index (κ1) is 22.5. The third kappa shape index (κ3) is 5.57. The summed E-state index contributed by atoms with van der Waals surface area (Å²) in [5.74, 6) is 0.332. The predicted octanol–water partition coefficient (Wildman–Crippen LogP) is 4.05. The molecule has 0 saturated heterocycles. The number of nitrogens with one attached hydrogen (secondary N) is 2. The zero-order valence-electron chi connectivity index (χ0n) is 17.8. The highest BCUT2D eigenvalue weighted by atomic mass is 32.2. The molecule has 4 rings (SSSR count). The molecular formula is C22H21N5O4S2. The van der Waals surface area contributed by atoms with Gasteiger partial charge in [0, 0.05) is 23.5 Å². The summed E-state index contributed by atoms with van der Waals surface area (Å²) >= 11 is 1.18. The van der Waals surface area contributed by atoms with Crippen molar-refractivity contribution in [2.75, 3.05) is 10.0 Å². The maximum absolute atomic E-state index is 12.5. The van der Waals surface area contributed by atoms with Gasteiger partial charge in [-0.3, -0.25) is 9.52 Å². The Balaban J connectivity index is 1.36. The van der Waals surface area contributed by atoms with Gasteiger partial charge in [-0.2, -0.15) is 5.10 Å². The van der Waals surface area contributed by atoms with E-state index < -0.39 is 15.9 Å². The first-order valence-corrected chi connectivity index (χ1v) is 12.2. The van der Waals surface area contributed by atoms with Crippen LogP contribution in [0.15, 0.2) is 71.2 Å². The van der Waals surface area contributed by atoms with Crippen LogP contribution in [0.25, 0.3) is 0 Å². The van der Waals surface area contributed by atoms with E-state index in [1.807, 2.05) is 32.0 Å². The molecule has 0 radical (unpaired) electrons. The van der Waals surface area contributed by atoms with Crippen molar-refractivity contribution in [3.63, 3.8) is 0 Å². The molecule has 11 heteroatoms. The average molecular weight is 484 g/mol. The number of carbonyl (C=O) groups excluding carboxylic acids is 1. The van der Waals surface area contributed by atoms with Crippen molar-refractivity contribution in [2.45, 2.75) is 25.5 Å². The van der Waals surface area contributed by atoms with E-state index in [1.165, 1.54) is 46.5 Å². The lowest BCUT2D eigenvalue weighted by Crippen LogP contribution is -2.15. The number of aromatic nitrogens is 3. The summed E-state index contributed by atoms with van der Waals surface area (Å²) in [5, 5.41) is 8.89. The maximum Gasteiger partial charge on any atom is 0.276 e. The normalized spacial score (nSPS) is 11.2. The number of amides is 1. The summed E-state index contributed by atoms with van der Waals surface area (Å²) < 4.78 is 34.5. The number of rotatable bonds is 8. The van der Waals surface area contributed by atoms with Crippen LogP contribution in [0.2, 0.25) is 0 Å². The highest BCUT2D eigenvalue weighted by Crippen LogP contribution is 2.21. The zero-order chi connectivity index (χ0) is 23.4. The fraction of sp³-hybridized carbons (Fsp3) is 0.136. The number of benzene rings is 2. The van der Waals surface area contributed by atoms with Crippen LogP contribution in [0, 0.1) is 13.8 Å². The standard InChI is InChI=1S/C22H21N5O4S2/c1-15-3-8-20(16(2)13-15)31-14-27-11-9-19(25-27)21(28)24-17-4-6-18(7-5-17)33(29,30)26-22-23-10-12-32-22/h3-13H,14H2,1-2H3,(H,23,26)(H,24,28). The Hall–Kier alpha value is -3.70. The molecule has 33 heavy (non-hydrogen) atoms. The van der Waals surface area contributed by atoms with Crippen LogP contribution in [-0.4, -0.2) is 29.1 Å². The third-order valence-electron chi connectivity index (χ3n) is 4.63. The molecule has 0 atom stereocenters. The number of hydrogen-bond acceptors (Lipinski definition) is 7. The van der Waals surface area contributed by atoms with E-state index >= 15 is 0 Å². The lowest BCUT2D eigenvalue weighted by molar-refractivity contribution is 0.102. The molecule has 0 aliphatic heterocycles. The summed E-state index contributed by atoms with van der Waals surface area (Å²) in [6.07, 6.45) is 3.16. The van der Waals surface area contributed by atoms with E-state index in [2.05, 4.69) is 20.1 Å². The van der Waals surface area contributed by atoms with Crippen LogP contribution >= 0.6 is 11.3 Å². The number of hydrogen-bond donors (Lipinski definition) is 2. The average Bonchev–Trinajstić information content (AvgIpc) is 3.45. The van der Waals surface area contributed by atoms with Crippen LogP contribution in [0.3, 0.4) is 0 Å². The second kappa shape index (κ2) is 9.43. The van der Waals surface area contributed by atoms with Gasteiger partial charge in [0.1, 0.15) is 5.75 Å². The summed E-state index contributed by atoms with van der Waals surface area (Å²) in [6, 6.07) is 13.3. The molecule has 0 unspecified atom stereocenters. The summed E-state index contributed by atoms with van der Waals surface area (Å²) in [7, 11) is -3.76. The molecule has 0 spiro atoms. The number of carbonyl (C=O) groups is 1. The van der Waals surface area contributed by atoms with Crippen molar-refractivity contribution >= 4 is 38.1 Å². The number of anilines is 2. The number of nitrogens with zero attached hydrogens (tertiary/aromatic N) is 3. The van der Waals surface area contributed by atoms with Gasteiger partial charge in [-0.15, -0.1) is 11.3 Å². The summed E-state index contributed by atoms with van der Waals surface area (Å²) in [6.45, 7) is 4.15. The maximum atomic E-state index is 12.5. The van der Waals surface area contributed by atoms with Crippen molar-refractivity contribution in [3.05, 3.63) is 83.1 Å². The van der Waals surface area contributed by atoms with Crippen molar-refractivity contribution in [1.29, 1.82) is 0 Å². The molecule has 9 nitrogen and oxygen atoms in total. The first-order valence-electron chi connectivity index (χ1n) is 9.87. The lowest BCUT2D eigenvalue weighted by atomic mass is 10.1. The molecule has 2 N–H and O–H groups in total. The van der Waals surface area contributed by atoms with E-state index in [9.17, 15) is 13.2 Å². The minimum atomic E-state index is -3.76. The van der Waals surface area contributed by atoms with Crippen LogP contribution in [0.1, 0.15) is 21.6 Å². The third-order valence-corrected chi connectivity index (χ3v) is 6.81. The Morgan fingerprint density at radius 2 is 1.91 bits per heavy atom. The molecule has 2 aromatic carbocycles. The molecule has 0 aliphatic rings.